The predicted octanol–water partition coefficient (Wildman–Crippen LogP) is 1.83. The SMILES string of the molecule is CCC[C@]1(C(=O)O)CCN(Cc2cccc(O)c2)C[C@@H]1O. The van der Waals surface area contributed by atoms with Crippen molar-refractivity contribution in [3.8, 4) is 5.75 Å². The van der Waals surface area contributed by atoms with E-state index >= 15 is 0 Å². The average molecular weight is 293 g/mol. The number of hydrogen-bond acceptors (Lipinski definition) is 4. The van der Waals surface area contributed by atoms with Crippen molar-refractivity contribution in [1.82, 2.24) is 4.90 Å². The van der Waals surface area contributed by atoms with Crippen molar-refractivity contribution in [3.05, 3.63) is 29.8 Å². The van der Waals surface area contributed by atoms with Crippen LogP contribution in [0.3, 0.4) is 0 Å². The molecule has 5 heteroatoms. The monoisotopic (exact) mass is 293 g/mol. The van der Waals surface area contributed by atoms with E-state index < -0.39 is 17.5 Å². The number of aromatic hydroxyl groups is 1. The quantitative estimate of drug-likeness (QED) is 0.771. The van der Waals surface area contributed by atoms with Gasteiger partial charge in [0.05, 0.1) is 11.5 Å². The molecule has 0 aliphatic carbocycles. The molecule has 2 atom stereocenters. The summed E-state index contributed by atoms with van der Waals surface area (Å²) in [7, 11) is 0. The minimum absolute atomic E-state index is 0.218. The molecule has 0 unspecified atom stereocenters. The molecule has 5 nitrogen and oxygen atoms in total. The van der Waals surface area contributed by atoms with Crippen molar-refractivity contribution in [1.29, 1.82) is 0 Å². The molecule has 1 aromatic carbocycles. The molecule has 0 saturated carbocycles. The van der Waals surface area contributed by atoms with Crippen LogP contribution in [0.1, 0.15) is 31.7 Å². The lowest BCUT2D eigenvalue weighted by Gasteiger charge is -2.42. The van der Waals surface area contributed by atoms with Gasteiger partial charge in [-0.2, -0.15) is 0 Å². The Balaban J connectivity index is 2.04. The highest BCUT2D eigenvalue weighted by molar-refractivity contribution is 5.75. The van der Waals surface area contributed by atoms with Crippen LogP contribution in [-0.4, -0.2) is 45.4 Å². The number of phenolic OH excluding ortho intramolecular Hbond substituents is 1. The molecular formula is C16H23NO4. The van der Waals surface area contributed by atoms with E-state index in [2.05, 4.69) is 0 Å². The van der Waals surface area contributed by atoms with E-state index in [0.29, 0.717) is 32.5 Å². The molecule has 1 aliphatic heterocycles. The first-order valence-corrected chi connectivity index (χ1v) is 7.39. The van der Waals surface area contributed by atoms with Crippen LogP contribution in [0, 0.1) is 5.41 Å². The summed E-state index contributed by atoms with van der Waals surface area (Å²) in [5, 5.41) is 29.3. The Morgan fingerprint density at radius 1 is 1.48 bits per heavy atom. The van der Waals surface area contributed by atoms with E-state index in [1.54, 1.807) is 18.2 Å². The Kier molecular flexibility index (Phi) is 4.85. The second kappa shape index (κ2) is 6.45. The number of phenols is 1. The minimum atomic E-state index is -1.01. The molecule has 116 valence electrons. The normalized spacial score (nSPS) is 26.7. The van der Waals surface area contributed by atoms with Gasteiger partial charge in [-0.15, -0.1) is 0 Å². The van der Waals surface area contributed by atoms with Crippen LogP contribution >= 0.6 is 0 Å². The largest absolute Gasteiger partial charge is 0.508 e. The van der Waals surface area contributed by atoms with Crippen LogP contribution in [0.25, 0.3) is 0 Å². The number of carboxylic acid groups (broad SMARTS) is 1. The van der Waals surface area contributed by atoms with E-state index in [-0.39, 0.29) is 5.75 Å². The Morgan fingerprint density at radius 2 is 2.24 bits per heavy atom. The molecule has 2 rings (SSSR count). The second-order valence-corrected chi connectivity index (χ2v) is 5.88. The third kappa shape index (κ3) is 3.36. The zero-order valence-electron chi connectivity index (χ0n) is 12.3. The molecule has 1 fully saturated rings. The van der Waals surface area contributed by atoms with E-state index in [1.807, 2.05) is 17.9 Å². The number of β-amino-alcohol motifs (C(OH)–C–C–N with tert-alkyl or cyclic N) is 1. The molecule has 1 saturated heterocycles. The minimum Gasteiger partial charge on any atom is -0.508 e. The lowest BCUT2D eigenvalue weighted by atomic mass is 9.73. The van der Waals surface area contributed by atoms with Gasteiger partial charge in [-0.25, -0.2) is 0 Å². The van der Waals surface area contributed by atoms with E-state index in [1.165, 1.54) is 0 Å². The molecule has 0 bridgehead atoms. The number of hydrogen-bond donors (Lipinski definition) is 3. The zero-order chi connectivity index (χ0) is 15.5. The van der Waals surface area contributed by atoms with Crippen LogP contribution in [0.4, 0.5) is 0 Å². The molecule has 0 spiro atoms. The summed E-state index contributed by atoms with van der Waals surface area (Å²) in [6.07, 6.45) is 0.844. The molecule has 0 amide bonds. The van der Waals surface area contributed by atoms with Crippen molar-refractivity contribution in [2.24, 2.45) is 5.41 Å². The van der Waals surface area contributed by atoms with Crippen LogP contribution in [-0.2, 0) is 11.3 Å². The summed E-state index contributed by atoms with van der Waals surface area (Å²) in [4.78, 5) is 13.6. The summed E-state index contributed by atoms with van der Waals surface area (Å²) >= 11 is 0. The lowest BCUT2D eigenvalue weighted by Crippen LogP contribution is -2.54. The van der Waals surface area contributed by atoms with Crippen molar-refractivity contribution < 1.29 is 20.1 Å². The van der Waals surface area contributed by atoms with Crippen LogP contribution < -0.4 is 0 Å². The number of aliphatic hydroxyl groups is 1. The number of benzene rings is 1. The van der Waals surface area contributed by atoms with Crippen LogP contribution in [0.2, 0.25) is 0 Å². The van der Waals surface area contributed by atoms with Crippen molar-refractivity contribution >= 4 is 5.97 Å². The summed E-state index contributed by atoms with van der Waals surface area (Å²) in [5.74, 6) is -0.676. The van der Waals surface area contributed by atoms with Crippen LogP contribution in [0.5, 0.6) is 5.75 Å². The predicted molar refractivity (Wildman–Crippen MR) is 79.0 cm³/mol. The third-order valence-electron chi connectivity index (χ3n) is 4.38. The summed E-state index contributed by atoms with van der Waals surface area (Å²) in [6.45, 7) is 3.53. The Hall–Kier alpha value is -1.59. The molecular weight excluding hydrogens is 270 g/mol. The van der Waals surface area contributed by atoms with Crippen molar-refractivity contribution in [2.45, 2.75) is 38.8 Å². The third-order valence-corrected chi connectivity index (χ3v) is 4.38. The number of carboxylic acids is 1. The number of aliphatic carboxylic acids is 1. The average Bonchev–Trinajstić information content (AvgIpc) is 2.42. The highest BCUT2D eigenvalue weighted by Crippen LogP contribution is 2.37. The maximum atomic E-state index is 11.6. The Labute approximate surface area is 124 Å². The number of piperidine rings is 1. The van der Waals surface area contributed by atoms with Gasteiger partial charge in [0.25, 0.3) is 0 Å². The maximum Gasteiger partial charge on any atom is 0.312 e. The van der Waals surface area contributed by atoms with E-state index in [0.717, 1.165) is 12.0 Å². The summed E-state index contributed by atoms with van der Waals surface area (Å²) < 4.78 is 0. The number of aliphatic hydroxyl groups excluding tert-OH is 1. The standard InChI is InChI=1S/C16H23NO4/c1-2-6-16(15(20)21)7-8-17(11-14(16)19)10-12-4-3-5-13(18)9-12/h3-5,9,14,18-19H,2,6-8,10-11H2,1H3,(H,20,21)/t14-,16-/m0/s1. The van der Waals surface area contributed by atoms with Gasteiger partial charge < -0.3 is 15.3 Å². The molecule has 1 aliphatic rings. The van der Waals surface area contributed by atoms with Gasteiger partial charge in [-0.3, -0.25) is 9.69 Å². The maximum absolute atomic E-state index is 11.6. The fourth-order valence-corrected chi connectivity index (χ4v) is 3.19. The molecule has 1 aromatic rings. The van der Waals surface area contributed by atoms with Crippen molar-refractivity contribution in [2.75, 3.05) is 13.1 Å². The Bertz CT molecular complexity index is 505. The number of nitrogens with zero attached hydrogens (tertiary/aromatic N) is 1. The summed E-state index contributed by atoms with van der Waals surface area (Å²) in [6, 6.07) is 7.00. The van der Waals surface area contributed by atoms with Gasteiger partial charge >= 0.3 is 5.97 Å². The smallest absolute Gasteiger partial charge is 0.312 e. The topological polar surface area (TPSA) is 81.0 Å². The van der Waals surface area contributed by atoms with E-state index in [4.69, 9.17) is 0 Å². The van der Waals surface area contributed by atoms with Gasteiger partial charge in [0, 0.05) is 13.1 Å². The highest BCUT2D eigenvalue weighted by Gasteiger charge is 2.47. The first-order valence-electron chi connectivity index (χ1n) is 7.39. The van der Waals surface area contributed by atoms with Gasteiger partial charge in [0.15, 0.2) is 0 Å². The zero-order valence-corrected chi connectivity index (χ0v) is 12.3. The molecule has 0 aromatic heterocycles. The second-order valence-electron chi connectivity index (χ2n) is 5.88. The van der Waals surface area contributed by atoms with Crippen molar-refractivity contribution in [3.63, 3.8) is 0 Å². The van der Waals surface area contributed by atoms with Gasteiger partial charge in [-0.05, 0) is 37.1 Å². The first kappa shape index (κ1) is 15.8. The molecule has 21 heavy (non-hydrogen) atoms. The molecule has 1 heterocycles. The number of rotatable bonds is 5. The van der Waals surface area contributed by atoms with Gasteiger partial charge in [-0.1, -0.05) is 25.5 Å². The number of carbonyl (C=O) groups is 1. The number of likely N-dealkylation sites (tertiary alicyclic amines) is 1. The van der Waals surface area contributed by atoms with Gasteiger partial charge in [0.1, 0.15) is 5.75 Å². The Morgan fingerprint density at radius 3 is 2.81 bits per heavy atom. The highest BCUT2D eigenvalue weighted by atomic mass is 16.4. The van der Waals surface area contributed by atoms with Gasteiger partial charge in [0.2, 0.25) is 0 Å². The first-order chi connectivity index (χ1) is 9.98. The lowest BCUT2D eigenvalue weighted by molar-refractivity contribution is -0.164. The van der Waals surface area contributed by atoms with Crippen LogP contribution in [0.15, 0.2) is 24.3 Å². The molecule has 3 N–H and O–H groups in total. The molecule has 0 radical (unpaired) electrons. The fraction of sp³-hybridized carbons (Fsp3) is 0.562. The van der Waals surface area contributed by atoms with E-state index in [9.17, 15) is 20.1 Å². The fourth-order valence-electron chi connectivity index (χ4n) is 3.19. The summed E-state index contributed by atoms with van der Waals surface area (Å²) in [5.41, 5.74) is -0.0510.